The van der Waals surface area contributed by atoms with E-state index in [1.807, 2.05) is 13.8 Å². The molecule has 1 aliphatic heterocycles. The van der Waals surface area contributed by atoms with Gasteiger partial charge in [0.2, 0.25) is 0 Å². The summed E-state index contributed by atoms with van der Waals surface area (Å²) in [6.45, 7) is 5.33. The molecule has 8 heteroatoms. The fraction of sp³-hybridized carbons (Fsp3) is 0.444. The second-order valence-corrected chi connectivity index (χ2v) is 6.52. The van der Waals surface area contributed by atoms with Gasteiger partial charge in [0.25, 0.3) is 0 Å². The maximum Gasteiger partial charge on any atom is 0.416 e. The number of amides is 2. The molecule has 2 amide bonds. The lowest BCUT2D eigenvalue weighted by molar-refractivity contribution is -0.142. The lowest BCUT2D eigenvalue weighted by atomic mass is 9.91. The smallest absolute Gasteiger partial charge is 0.416 e. The minimum Gasteiger partial charge on any atom is -0.462 e. The average Bonchev–Trinajstić information content (AvgIpc) is 2.56. The van der Waals surface area contributed by atoms with Crippen molar-refractivity contribution in [2.45, 2.75) is 33.0 Å². The molecule has 1 heterocycles. The number of nitrogens with one attached hydrogen (secondary N) is 1. The van der Waals surface area contributed by atoms with E-state index in [2.05, 4.69) is 5.32 Å². The zero-order chi connectivity index (χ0) is 19.6. The summed E-state index contributed by atoms with van der Waals surface area (Å²) in [7, 11) is 1.44. The number of ether oxygens (including phenoxy) is 1. The number of rotatable bonds is 4. The highest BCUT2D eigenvalue weighted by molar-refractivity contribution is 5.95. The maximum absolute atomic E-state index is 13.4. The average molecular weight is 370 g/mol. The third-order valence-electron chi connectivity index (χ3n) is 4.10. The summed E-state index contributed by atoms with van der Waals surface area (Å²) in [4.78, 5) is 25.9. The van der Waals surface area contributed by atoms with Crippen LogP contribution in [0.25, 0.3) is 0 Å². The standard InChI is InChI=1S/C18H21F3N2O3/c1-10(2)9-26-16(24)14-11(3)23(4)17(25)22-15(14)12-7-5-6-8-13(12)18(19,20)21/h5-8,10,15H,9H2,1-4H3,(H,22,25)/t15-/m1/s1. The lowest BCUT2D eigenvalue weighted by Crippen LogP contribution is -2.46. The van der Waals surface area contributed by atoms with Gasteiger partial charge in [0.1, 0.15) is 0 Å². The predicted molar refractivity (Wildman–Crippen MR) is 89.0 cm³/mol. The highest BCUT2D eigenvalue weighted by Crippen LogP contribution is 2.39. The van der Waals surface area contributed by atoms with Crippen molar-refractivity contribution in [1.29, 1.82) is 0 Å². The fourth-order valence-corrected chi connectivity index (χ4v) is 2.66. The van der Waals surface area contributed by atoms with Crippen molar-refractivity contribution < 1.29 is 27.5 Å². The Kier molecular flexibility index (Phi) is 5.63. The van der Waals surface area contributed by atoms with Crippen molar-refractivity contribution in [3.05, 3.63) is 46.7 Å². The molecular weight excluding hydrogens is 349 g/mol. The van der Waals surface area contributed by atoms with Gasteiger partial charge in [-0.25, -0.2) is 9.59 Å². The number of nitrogens with zero attached hydrogens (tertiary/aromatic N) is 1. The molecule has 1 aromatic rings. The Morgan fingerprint density at radius 3 is 2.50 bits per heavy atom. The van der Waals surface area contributed by atoms with Crippen LogP contribution in [0.2, 0.25) is 0 Å². The van der Waals surface area contributed by atoms with Gasteiger partial charge in [0.05, 0.1) is 23.8 Å². The molecule has 1 aliphatic rings. The lowest BCUT2D eigenvalue weighted by Gasteiger charge is -2.34. The highest BCUT2D eigenvalue weighted by atomic mass is 19.4. The number of allylic oxidation sites excluding steroid dienone is 1. The molecule has 0 spiro atoms. The minimum atomic E-state index is -4.62. The van der Waals surface area contributed by atoms with Crippen LogP contribution in [-0.4, -0.2) is 30.6 Å². The molecule has 0 unspecified atom stereocenters. The fourth-order valence-electron chi connectivity index (χ4n) is 2.66. The quantitative estimate of drug-likeness (QED) is 0.819. The van der Waals surface area contributed by atoms with Gasteiger partial charge < -0.3 is 15.0 Å². The zero-order valence-corrected chi connectivity index (χ0v) is 15.0. The Bertz CT molecular complexity index is 741. The Hall–Kier alpha value is -2.51. The van der Waals surface area contributed by atoms with E-state index >= 15 is 0 Å². The second-order valence-electron chi connectivity index (χ2n) is 6.52. The molecule has 0 aromatic heterocycles. The van der Waals surface area contributed by atoms with Crippen LogP contribution in [0, 0.1) is 5.92 Å². The molecule has 0 saturated heterocycles. The molecule has 5 nitrogen and oxygen atoms in total. The number of hydrogen-bond acceptors (Lipinski definition) is 3. The van der Waals surface area contributed by atoms with Crippen molar-refractivity contribution in [3.8, 4) is 0 Å². The number of carbonyl (C=O) groups is 2. The Morgan fingerprint density at radius 2 is 1.92 bits per heavy atom. The van der Waals surface area contributed by atoms with Crippen LogP contribution >= 0.6 is 0 Å². The molecular formula is C18H21F3N2O3. The highest BCUT2D eigenvalue weighted by Gasteiger charge is 2.41. The number of esters is 1. The molecule has 1 aromatic carbocycles. The van der Waals surface area contributed by atoms with Crippen molar-refractivity contribution in [2.75, 3.05) is 13.7 Å². The largest absolute Gasteiger partial charge is 0.462 e. The van der Waals surface area contributed by atoms with Gasteiger partial charge in [-0.05, 0) is 24.5 Å². The van der Waals surface area contributed by atoms with Gasteiger partial charge in [-0.1, -0.05) is 32.0 Å². The number of hydrogen-bond donors (Lipinski definition) is 1. The van der Waals surface area contributed by atoms with E-state index in [1.165, 1.54) is 37.1 Å². The molecule has 26 heavy (non-hydrogen) atoms. The predicted octanol–water partition coefficient (Wildman–Crippen LogP) is 3.87. The van der Waals surface area contributed by atoms with Crippen LogP contribution in [0.1, 0.15) is 37.9 Å². The molecule has 0 saturated carbocycles. The van der Waals surface area contributed by atoms with E-state index in [0.717, 1.165) is 6.07 Å². The number of alkyl halides is 3. The second kappa shape index (κ2) is 7.39. The van der Waals surface area contributed by atoms with Crippen molar-refractivity contribution in [2.24, 2.45) is 5.92 Å². The summed E-state index contributed by atoms with van der Waals surface area (Å²) >= 11 is 0. The van der Waals surface area contributed by atoms with Gasteiger partial charge in [-0.2, -0.15) is 13.2 Å². The van der Waals surface area contributed by atoms with E-state index in [4.69, 9.17) is 4.74 Å². The first-order valence-corrected chi connectivity index (χ1v) is 8.12. The van der Waals surface area contributed by atoms with E-state index in [9.17, 15) is 22.8 Å². The molecule has 1 atom stereocenters. The summed E-state index contributed by atoms with van der Waals surface area (Å²) in [6, 6.07) is 3.03. The van der Waals surface area contributed by atoms with Crippen LogP contribution in [0.5, 0.6) is 0 Å². The third-order valence-corrected chi connectivity index (χ3v) is 4.10. The van der Waals surface area contributed by atoms with E-state index < -0.39 is 29.8 Å². The van der Waals surface area contributed by atoms with Crippen LogP contribution in [0.3, 0.4) is 0 Å². The van der Waals surface area contributed by atoms with Crippen molar-refractivity contribution >= 4 is 12.0 Å². The Labute approximate surface area is 149 Å². The monoisotopic (exact) mass is 370 g/mol. The van der Waals surface area contributed by atoms with Gasteiger partial charge in [0.15, 0.2) is 0 Å². The summed E-state index contributed by atoms with van der Waals surface area (Å²) in [5.74, 6) is -0.679. The molecule has 0 aliphatic carbocycles. The van der Waals surface area contributed by atoms with Crippen LogP contribution < -0.4 is 5.32 Å². The van der Waals surface area contributed by atoms with E-state index in [-0.39, 0.29) is 29.4 Å². The third kappa shape index (κ3) is 4.00. The Morgan fingerprint density at radius 1 is 1.31 bits per heavy atom. The van der Waals surface area contributed by atoms with Crippen molar-refractivity contribution in [1.82, 2.24) is 10.2 Å². The summed E-state index contributed by atoms with van der Waals surface area (Å²) in [6.07, 6.45) is -4.62. The summed E-state index contributed by atoms with van der Waals surface area (Å²) < 4.78 is 45.4. The van der Waals surface area contributed by atoms with Gasteiger partial charge in [-0.15, -0.1) is 0 Å². The molecule has 142 valence electrons. The maximum atomic E-state index is 13.4. The van der Waals surface area contributed by atoms with E-state index in [0.29, 0.717) is 0 Å². The first-order valence-electron chi connectivity index (χ1n) is 8.12. The van der Waals surface area contributed by atoms with Crippen LogP contribution in [0.15, 0.2) is 35.5 Å². The Balaban J connectivity index is 2.55. The first-order chi connectivity index (χ1) is 12.0. The van der Waals surface area contributed by atoms with E-state index in [1.54, 1.807) is 0 Å². The van der Waals surface area contributed by atoms with Gasteiger partial charge in [0, 0.05) is 12.7 Å². The van der Waals surface area contributed by atoms with Crippen molar-refractivity contribution in [3.63, 3.8) is 0 Å². The van der Waals surface area contributed by atoms with Crippen LogP contribution in [0.4, 0.5) is 18.0 Å². The SMILES string of the molecule is CC1=C(C(=O)OCC(C)C)[C@@H](c2ccccc2C(F)(F)F)NC(=O)N1C. The number of urea groups is 1. The molecule has 1 N–H and O–H groups in total. The molecule has 0 fully saturated rings. The number of carbonyl (C=O) groups excluding carboxylic acids is 2. The normalized spacial score (nSPS) is 18.2. The topological polar surface area (TPSA) is 58.6 Å². The number of benzene rings is 1. The number of halogens is 3. The van der Waals surface area contributed by atoms with Gasteiger partial charge in [-0.3, -0.25) is 0 Å². The first kappa shape index (κ1) is 19.8. The van der Waals surface area contributed by atoms with Gasteiger partial charge >= 0.3 is 18.2 Å². The molecule has 0 bridgehead atoms. The molecule has 2 rings (SSSR count). The van der Waals surface area contributed by atoms with Crippen LogP contribution in [-0.2, 0) is 15.7 Å². The summed E-state index contributed by atoms with van der Waals surface area (Å²) in [5, 5.41) is 2.47. The molecule has 0 radical (unpaired) electrons. The summed E-state index contributed by atoms with van der Waals surface area (Å²) in [5.41, 5.74) is -0.858. The minimum absolute atomic E-state index is 0.00977. The zero-order valence-electron chi connectivity index (χ0n) is 15.0.